The number of esters is 3. The van der Waals surface area contributed by atoms with Crippen LogP contribution in [0, 0.1) is 0 Å². The van der Waals surface area contributed by atoms with Gasteiger partial charge in [-0.05, 0) is 83.5 Å². The van der Waals surface area contributed by atoms with E-state index in [0.29, 0.717) is 19.3 Å². The summed E-state index contributed by atoms with van der Waals surface area (Å²) in [5, 5.41) is 0. The van der Waals surface area contributed by atoms with Gasteiger partial charge in [0.25, 0.3) is 0 Å². The molecule has 0 saturated carbocycles. The van der Waals surface area contributed by atoms with Crippen LogP contribution in [0.3, 0.4) is 0 Å². The van der Waals surface area contributed by atoms with Gasteiger partial charge in [0.05, 0.1) is 0 Å². The molecule has 0 aromatic carbocycles. The maximum absolute atomic E-state index is 12.7. The molecular weight excluding hydrogens is 709 g/mol. The highest BCUT2D eigenvalue weighted by Crippen LogP contribution is 2.13. The predicted octanol–water partition coefficient (Wildman–Crippen LogP) is 15.1. The van der Waals surface area contributed by atoms with Crippen LogP contribution in [0.1, 0.15) is 213 Å². The van der Waals surface area contributed by atoms with Crippen molar-refractivity contribution in [3.8, 4) is 0 Å². The van der Waals surface area contributed by atoms with Crippen molar-refractivity contribution in [3.63, 3.8) is 0 Å². The van der Waals surface area contributed by atoms with Gasteiger partial charge in [0.1, 0.15) is 13.2 Å². The second-order valence-electron chi connectivity index (χ2n) is 15.3. The SMILES string of the molecule is CC/C=C\C/C=C\C/C=C\CCCCCCCC(=O)OC[C@@H](COC(=O)CCCCCCCCCCC)OC(=O)CCCCCCC/C=C\C/C=C\C/C=C\CC. The minimum absolute atomic E-state index is 0.0878. The molecule has 0 aliphatic heterocycles. The van der Waals surface area contributed by atoms with E-state index in [1.807, 2.05) is 0 Å². The van der Waals surface area contributed by atoms with Gasteiger partial charge in [0.2, 0.25) is 0 Å². The van der Waals surface area contributed by atoms with E-state index in [1.54, 1.807) is 0 Å². The number of hydrogen-bond donors (Lipinski definition) is 0. The molecule has 0 radical (unpaired) electrons. The summed E-state index contributed by atoms with van der Waals surface area (Å²) in [7, 11) is 0. The molecule has 6 nitrogen and oxygen atoms in total. The summed E-state index contributed by atoms with van der Waals surface area (Å²) >= 11 is 0. The zero-order valence-corrected chi connectivity index (χ0v) is 37.1. The maximum Gasteiger partial charge on any atom is 0.306 e. The summed E-state index contributed by atoms with van der Waals surface area (Å²) in [6.45, 7) is 6.35. The van der Waals surface area contributed by atoms with Crippen LogP contribution in [0.25, 0.3) is 0 Å². The van der Waals surface area contributed by atoms with Gasteiger partial charge in [-0.1, -0.05) is 184 Å². The Labute approximate surface area is 351 Å². The number of ether oxygens (including phenoxy) is 3. The summed E-state index contributed by atoms with van der Waals surface area (Å²) in [6.07, 6.45) is 56.0. The summed E-state index contributed by atoms with van der Waals surface area (Å²) in [6, 6.07) is 0. The molecule has 0 aromatic heterocycles. The number of hydrogen-bond acceptors (Lipinski definition) is 6. The molecule has 0 rings (SSSR count). The van der Waals surface area contributed by atoms with Crippen molar-refractivity contribution in [2.45, 2.75) is 219 Å². The molecule has 0 spiro atoms. The van der Waals surface area contributed by atoms with Crippen LogP contribution in [0.5, 0.6) is 0 Å². The van der Waals surface area contributed by atoms with Crippen molar-refractivity contribution in [1.29, 1.82) is 0 Å². The zero-order valence-electron chi connectivity index (χ0n) is 37.1. The molecule has 0 aromatic rings. The van der Waals surface area contributed by atoms with Crippen molar-refractivity contribution in [2.24, 2.45) is 0 Å². The quantitative estimate of drug-likeness (QED) is 0.0265. The Morgan fingerprint density at radius 2 is 0.684 bits per heavy atom. The van der Waals surface area contributed by atoms with Gasteiger partial charge in [-0.3, -0.25) is 14.4 Å². The molecule has 6 heteroatoms. The van der Waals surface area contributed by atoms with E-state index in [9.17, 15) is 14.4 Å². The maximum atomic E-state index is 12.7. The van der Waals surface area contributed by atoms with Crippen LogP contribution in [0.4, 0.5) is 0 Å². The lowest BCUT2D eigenvalue weighted by Crippen LogP contribution is -2.30. The Morgan fingerprint density at radius 1 is 0.368 bits per heavy atom. The van der Waals surface area contributed by atoms with Crippen molar-refractivity contribution in [1.82, 2.24) is 0 Å². The Kier molecular flexibility index (Phi) is 43.0. The summed E-state index contributed by atoms with van der Waals surface area (Å²) < 4.78 is 16.7. The van der Waals surface area contributed by atoms with Gasteiger partial charge >= 0.3 is 17.9 Å². The van der Waals surface area contributed by atoms with Gasteiger partial charge in [0.15, 0.2) is 6.10 Å². The molecule has 1 atom stereocenters. The van der Waals surface area contributed by atoms with E-state index >= 15 is 0 Å². The van der Waals surface area contributed by atoms with Gasteiger partial charge in [-0.2, -0.15) is 0 Å². The molecular formula is C51H86O6. The predicted molar refractivity (Wildman–Crippen MR) is 242 cm³/mol. The number of rotatable bonds is 41. The van der Waals surface area contributed by atoms with E-state index in [2.05, 4.69) is 93.7 Å². The van der Waals surface area contributed by atoms with Gasteiger partial charge in [0, 0.05) is 19.3 Å². The van der Waals surface area contributed by atoms with Crippen LogP contribution < -0.4 is 0 Å². The first-order valence-electron chi connectivity index (χ1n) is 23.4. The molecule has 0 unspecified atom stereocenters. The zero-order chi connectivity index (χ0) is 41.5. The second-order valence-corrected chi connectivity index (χ2v) is 15.3. The van der Waals surface area contributed by atoms with Gasteiger partial charge in [-0.25, -0.2) is 0 Å². The summed E-state index contributed by atoms with van der Waals surface area (Å²) in [4.78, 5) is 37.8. The van der Waals surface area contributed by atoms with Crippen LogP contribution in [-0.4, -0.2) is 37.2 Å². The van der Waals surface area contributed by atoms with E-state index in [0.717, 1.165) is 135 Å². The molecule has 57 heavy (non-hydrogen) atoms. The lowest BCUT2D eigenvalue weighted by Gasteiger charge is -2.18. The normalized spacial score (nSPS) is 12.7. The minimum Gasteiger partial charge on any atom is -0.462 e. The van der Waals surface area contributed by atoms with Crippen molar-refractivity contribution in [3.05, 3.63) is 72.9 Å². The van der Waals surface area contributed by atoms with E-state index < -0.39 is 6.10 Å². The highest BCUT2D eigenvalue weighted by molar-refractivity contribution is 5.71. The molecule has 0 fully saturated rings. The van der Waals surface area contributed by atoms with Crippen molar-refractivity contribution >= 4 is 17.9 Å². The Balaban J connectivity index is 4.42. The molecule has 0 bridgehead atoms. The van der Waals surface area contributed by atoms with Crippen molar-refractivity contribution in [2.75, 3.05) is 13.2 Å². The molecule has 0 amide bonds. The Bertz CT molecular complexity index is 1100. The molecule has 0 aliphatic carbocycles. The standard InChI is InChI=1S/C51H86O6/c1-4-7-10-13-16-19-21-23-25-27-29-32-35-38-41-44-50(53)56-47-48(46-55-49(52)43-40-37-34-31-18-15-12-9-6-3)57-51(54)45-42-39-36-33-30-28-26-24-22-20-17-14-11-8-5-2/h7-8,10-11,16-17,19-20,23-26,48H,4-6,9,12-15,18,21-22,27-47H2,1-3H3/b10-7-,11-8-,19-16-,20-17-,25-23-,26-24-/t48-/m1/s1. The van der Waals surface area contributed by atoms with E-state index in [4.69, 9.17) is 14.2 Å². The van der Waals surface area contributed by atoms with Crippen molar-refractivity contribution < 1.29 is 28.6 Å². The molecule has 326 valence electrons. The smallest absolute Gasteiger partial charge is 0.306 e. The first-order chi connectivity index (χ1) is 28.0. The third-order valence-electron chi connectivity index (χ3n) is 9.71. The monoisotopic (exact) mass is 795 g/mol. The Hall–Kier alpha value is -3.15. The molecule has 0 saturated heterocycles. The van der Waals surface area contributed by atoms with Gasteiger partial charge < -0.3 is 14.2 Å². The lowest BCUT2D eigenvalue weighted by molar-refractivity contribution is -0.167. The number of carbonyl (C=O) groups is 3. The first-order valence-corrected chi connectivity index (χ1v) is 23.4. The lowest BCUT2D eigenvalue weighted by atomic mass is 10.1. The first kappa shape index (κ1) is 53.9. The highest BCUT2D eigenvalue weighted by atomic mass is 16.6. The molecule has 0 heterocycles. The summed E-state index contributed by atoms with van der Waals surface area (Å²) in [5.74, 6) is -0.929. The number of allylic oxidation sites excluding steroid dienone is 12. The number of unbranched alkanes of at least 4 members (excludes halogenated alkanes) is 18. The topological polar surface area (TPSA) is 78.9 Å². The fourth-order valence-electron chi connectivity index (χ4n) is 6.23. The van der Waals surface area contributed by atoms with Crippen LogP contribution in [0.15, 0.2) is 72.9 Å². The van der Waals surface area contributed by atoms with E-state index in [-0.39, 0.29) is 31.1 Å². The fraction of sp³-hybridized carbons (Fsp3) is 0.706. The summed E-state index contributed by atoms with van der Waals surface area (Å²) in [5.41, 5.74) is 0. The fourth-order valence-corrected chi connectivity index (χ4v) is 6.23. The van der Waals surface area contributed by atoms with Crippen LogP contribution in [0.2, 0.25) is 0 Å². The van der Waals surface area contributed by atoms with Crippen LogP contribution in [-0.2, 0) is 28.6 Å². The largest absolute Gasteiger partial charge is 0.462 e. The Morgan fingerprint density at radius 3 is 1.07 bits per heavy atom. The average molecular weight is 795 g/mol. The molecule has 0 aliphatic rings. The average Bonchev–Trinajstić information content (AvgIpc) is 3.21. The van der Waals surface area contributed by atoms with Crippen LogP contribution >= 0.6 is 0 Å². The molecule has 0 N–H and O–H groups in total. The highest BCUT2D eigenvalue weighted by Gasteiger charge is 2.19. The third-order valence-corrected chi connectivity index (χ3v) is 9.71. The van der Waals surface area contributed by atoms with Gasteiger partial charge in [-0.15, -0.1) is 0 Å². The minimum atomic E-state index is -0.788. The second kappa shape index (κ2) is 45.6. The van der Waals surface area contributed by atoms with E-state index in [1.165, 1.54) is 38.5 Å². The third kappa shape index (κ3) is 43.8. The number of carbonyl (C=O) groups excluding carboxylic acids is 3.